The number of nitrogens with one attached hydrogen (secondary N) is 1. The normalized spacial score (nSPS) is 10.7. The van der Waals surface area contributed by atoms with E-state index in [1.807, 2.05) is 58.0 Å². The van der Waals surface area contributed by atoms with Gasteiger partial charge in [-0.15, -0.1) is 0 Å². The highest BCUT2D eigenvalue weighted by Gasteiger charge is 2.19. The van der Waals surface area contributed by atoms with Gasteiger partial charge in [-0.05, 0) is 51.0 Å². The first-order valence-electron chi connectivity index (χ1n) is 7.86. The molecule has 0 spiro atoms. The zero-order chi connectivity index (χ0) is 18.1. The molecule has 0 saturated heterocycles. The smallest absolute Gasteiger partial charge is 0.285 e. The van der Waals surface area contributed by atoms with Crippen molar-refractivity contribution in [3.05, 3.63) is 68.8 Å². The minimum Gasteiger partial charge on any atom is -0.294 e. The van der Waals surface area contributed by atoms with Crippen molar-refractivity contribution in [1.82, 2.24) is 14.8 Å². The molecule has 3 aromatic rings. The molecule has 0 aliphatic heterocycles. The Hall–Kier alpha value is -2.78. The summed E-state index contributed by atoms with van der Waals surface area (Å²) in [6.07, 6.45) is 0. The second-order valence-electron chi connectivity index (χ2n) is 5.88. The lowest BCUT2D eigenvalue weighted by Crippen LogP contribution is -2.15. The Balaban J connectivity index is 2.11. The van der Waals surface area contributed by atoms with Gasteiger partial charge >= 0.3 is 0 Å². The molecule has 1 N–H and O–H groups in total. The molecule has 2 heterocycles. The Bertz CT molecular complexity index is 1040. The monoisotopic (exact) mass is 350 g/mol. The van der Waals surface area contributed by atoms with Crippen LogP contribution in [0.25, 0.3) is 5.69 Å². The van der Waals surface area contributed by atoms with Crippen molar-refractivity contribution in [1.29, 1.82) is 5.26 Å². The molecule has 3 rings (SSSR count). The lowest BCUT2D eigenvalue weighted by molar-refractivity contribution is 0.834. The number of aryl methyl sites for hydroxylation is 2. The Labute approximate surface area is 150 Å². The molecule has 6 heteroatoms. The van der Waals surface area contributed by atoms with Gasteiger partial charge < -0.3 is 0 Å². The summed E-state index contributed by atoms with van der Waals surface area (Å²) in [6.45, 7) is 7.64. The summed E-state index contributed by atoms with van der Waals surface area (Å²) >= 11 is 1.25. The van der Waals surface area contributed by atoms with Gasteiger partial charge in [0.05, 0.1) is 11.3 Å². The van der Waals surface area contributed by atoms with Crippen LogP contribution in [-0.4, -0.2) is 14.8 Å². The summed E-state index contributed by atoms with van der Waals surface area (Å²) in [5.74, 6) is 0. The maximum Gasteiger partial charge on any atom is 0.285 e. The molecular formula is C19H18N4OS. The number of benzene rings is 1. The van der Waals surface area contributed by atoms with Gasteiger partial charge in [-0.3, -0.25) is 9.89 Å². The molecule has 1 aromatic carbocycles. The van der Waals surface area contributed by atoms with Gasteiger partial charge in [0, 0.05) is 11.4 Å². The van der Waals surface area contributed by atoms with Crippen LogP contribution in [0.3, 0.4) is 0 Å². The van der Waals surface area contributed by atoms with Gasteiger partial charge in [-0.2, -0.15) is 5.26 Å². The lowest BCUT2D eigenvalue weighted by atomic mass is 10.1. The van der Waals surface area contributed by atoms with Crippen molar-refractivity contribution in [2.75, 3.05) is 0 Å². The first-order chi connectivity index (χ1) is 11.9. The van der Waals surface area contributed by atoms with Gasteiger partial charge in [0.1, 0.15) is 16.0 Å². The number of pyridine rings is 1. The summed E-state index contributed by atoms with van der Waals surface area (Å²) in [6, 6.07) is 11.6. The molecule has 0 fully saturated rings. The van der Waals surface area contributed by atoms with Crippen LogP contribution in [0.5, 0.6) is 0 Å². The largest absolute Gasteiger partial charge is 0.294 e. The number of aromatic nitrogens is 3. The highest BCUT2D eigenvalue weighted by molar-refractivity contribution is 7.99. The zero-order valence-corrected chi connectivity index (χ0v) is 15.4. The van der Waals surface area contributed by atoms with Gasteiger partial charge in [0.15, 0.2) is 0 Å². The van der Waals surface area contributed by atoms with Crippen molar-refractivity contribution in [2.45, 2.75) is 37.6 Å². The first kappa shape index (κ1) is 17.1. The van der Waals surface area contributed by atoms with E-state index in [-0.39, 0.29) is 5.56 Å². The third-order valence-corrected chi connectivity index (χ3v) is 5.48. The van der Waals surface area contributed by atoms with E-state index in [0.717, 1.165) is 28.2 Å². The van der Waals surface area contributed by atoms with Gasteiger partial charge in [-0.25, -0.2) is 9.67 Å². The molecule has 0 aliphatic rings. The number of hydrogen-bond donors (Lipinski definition) is 1. The zero-order valence-electron chi connectivity index (χ0n) is 14.5. The van der Waals surface area contributed by atoms with E-state index in [4.69, 9.17) is 0 Å². The summed E-state index contributed by atoms with van der Waals surface area (Å²) < 4.78 is 1.51. The second-order valence-corrected chi connectivity index (χ2v) is 6.88. The predicted molar refractivity (Wildman–Crippen MR) is 98.4 cm³/mol. The fraction of sp³-hybridized carbons (Fsp3) is 0.211. The fourth-order valence-electron chi connectivity index (χ4n) is 2.62. The average molecular weight is 350 g/mol. The molecule has 0 bridgehead atoms. The molecule has 126 valence electrons. The molecule has 2 aromatic heterocycles. The van der Waals surface area contributed by atoms with E-state index in [9.17, 15) is 10.1 Å². The highest BCUT2D eigenvalue weighted by atomic mass is 32.2. The van der Waals surface area contributed by atoms with Gasteiger partial charge in [0.25, 0.3) is 5.56 Å². The summed E-state index contributed by atoms with van der Waals surface area (Å²) in [4.78, 5) is 17.9. The van der Waals surface area contributed by atoms with E-state index in [2.05, 4.69) is 16.2 Å². The molecule has 0 unspecified atom stereocenters. The number of hydrogen-bond acceptors (Lipinski definition) is 4. The van der Waals surface area contributed by atoms with Crippen molar-refractivity contribution >= 4 is 11.8 Å². The molecular weight excluding hydrogens is 332 g/mol. The Morgan fingerprint density at radius 1 is 1.12 bits per heavy atom. The van der Waals surface area contributed by atoms with E-state index in [0.29, 0.717) is 15.5 Å². The van der Waals surface area contributed by atoms with Crippen molar-refractivity contribution in [3.8, 4) is 11.8 Å². The minimum absolute atomic E-state index is 0.143. The number of para-hydroxylation sites is 1. The van der Waals surface area contributed by atoms with Crippen molar-refractivity contribution < 1.29 is 0 Å². The van der Waals surface area contributed by atoms with Crippen LogP contribution in [-0.2, 0) is 0 Å². The Kier molecular flexibility index (Phi) is 4.51. The van der Waals surface area contributed by atoms with Crippen LogP contribution in [0.1, 0.15) is 28.1 Å². The maximum absolute atomic E-state index is 12.8. The Morgan fingerprint density at radius 2 is 1.80 bits per heavy atom. The number of nitrogens with zero attached hydrogens (tertiary/aromatic N) is 3. The summed E-state index contributed by atoms with van der Waals surface area (Å²) in [5.41, 5.74) is 4.69. The maximum atomic E-state index is 12.8. The van der Waals surface area contributed by atoms with Crippen LogP contribution in [0.2, 0.25) is 0 Å². The number of rotatable bonds is 3. The number of aromatic amines is 1. The summed E-state index contributed by atoms with van der Waals surface area (Å²) in [7, 11) is 0. The minimum atomic E-state index is -0.143. The van der Waals surface area contributed by atoms with Crippen LogP contribution in [0.15, 0.2) is 45.0 Å². The van der Waals surface area contributed by atoms with E-state index >= 15 is 0 Å². The third-order valence-electron chi connectivity index (χ3n) is 4.31. The first-order valence-corrected chi connectivity index (χ1v) is 8.68. The predicted octanol–water partition coefficient (Wildman–Crippen LogP) is 3.82. The van der Waals surface area contributed by atoms with Crippen LogP contribution < -0.4 is 5.56 Å². The molecule has 25 heavy (non-hydrogen) atoms. The second kappa shape index (κ2) is 6.61. The van der Waals surface area contributed by atoms with Crippen molar-refractivity contribution in [3.63, 3.8) is 0 Å². The molecule has 0 saturated carbocycles. The number of nitriles is 1. The topological polar surface area (TPSA) is 74.5 Å². The van der Waals surface area contributed by atoms with Crippen LogP contribution in [0.4, 0.5) is 0 Å². The fourth-order valence-corrected chi connectivity index (χ4v) is 3.68. The number of H-pyrrole nitrogens is 1. The van der Waals surface area contributed by atoms with Gasteiger partial charge in [0.2, 0.25) is 0 Å². The highest BCUT2D eigenvalue weighted by Crippen LogP contribution is 2.31. The molecule has 0 atom stereocenters. The third kappa shape index (κ3) is 2.99. The van der Waals surface area contributed by atoms with E-state index in [1.165, 1.54) is 16.4 Å². The molecule has 0 aliphatic carbocycles. The summed E-state index contributed by atoms with van der Waals surface area (Å²) in [5, 5.41) is 13.2. The standard InChI is InChI=1S/C19H18N4OS/c1-11-12(2)16(10-20)18(21-13(11)3)25-17-14(4)22-23(19(17)24)15-8-6-5-7-9-15/h5-9,22H,1-4H3. The molecule has 0 amide bonds. The quantitative estimate of drug-likeness (QED) is 0.779. The average Bonchev–Trinajstić information content (AvgIpc) is 2.89. The SMILES string of the molecule is Cc1nc(Sc2c(C)[nH]n(-c3ccccc3)c2=O)c(C#N)c(C)c1C. The van der Waals surface area contributed by atoms with Gasteiger partial charge in [-0.1, -0.05) is 30.0 Å². The Morgan fingerprint density at radius 3 is 2.44 bits per heavy atom. The van der Waals surface area contributed by atoms with E-state index in [1.54, 1.807) is 0 Å². The molecule has 5 nitrogen and oxygen atoms in total. The lowest BCUT2D eigenvalue weighted by Gasteiger charge is -2.10. The van der Waals surface area contributed by atoms with Crippen molar-refractivity contribution in [2.24, 2.45) is 0 Å². The van der Waals surface area contributed by atoms with E-state index < -0.39 is 0 Å². The van der Waals surface area contributed by atoms with Crippen LogP contribution >= 0.6 is 11.8 Å². The van der Waals surface area contributed by atoms with Crippen LogP contribution in [0, 0.1) is 39.0 Å². The molecule has 0 radical (unpaired) electrons.